The molecule has 1 saturated heterocycles. The van der Waals surface area contributed by atoms with E-state index in [0.717, 1.165) is 25.8 Å². The van der Waals surface area contributed by atoms with E-state index in [0.29, 0.717) is 53.9 Å². The molecule has 1 fully saturated rings. The molecule has 1 amide bonds. The Hall–Kier alpha value is -1.46. The van der Waals surface area contributed by atoms with E-state index in [-0.39, 0.29) is 5.91 Å². The van der Waals surface area contributed by atoms with Crippen molar-refractivity contribution in [3.63, 3.8) is 0 Å². The quantitative estimate of drug-likeness (QED) is 0.900. The maximum absolute atomic E-state index is 12.4. The highest BCUT2D eigenvalue weighted by molar-refractivity contribution is 6.34. The number of benzene rings is 1. The summed E-state index contributed by atoms with van der Waals surface area (Å²) in [5.74, 6) is 1.90. The van der Waals surface area contributed by atoms with Crippen molar-refractivity contribution >= 4 is 23.2 Å². The molecule has 132 valence electrons. The summed E-state index contributed by atoms with van der Waals surface area (Å²) >= 11 is 6.29. The van der Waals surface area contributed by atoms with Gasteiger partial charge in [0.15, 0.2) is 11.5 Å². The average Bonchev–Trinajstić information content (AvgIpc) is 2.76. The van der Waals surface area contributed by atoms with Gasteiger partial charge < -0.3 is 14.8 Å². The van der Waals surface area contributed by atoms with Crippen LogP contribution in [0.4, 0.5) is 5.69 Å². The van der Waals surface area contributed by atoms with Crippen molar-refractivity contribution in [1.82, 2.24) is 4.90 Å². The zero-order valence-electron chi connectivity index (χ0n) is 14.3. The lowest BCUT2D eigenvalue weighted by atomic mass is 9.99. The fourth-order valence-corrected chi connectivity index (χ4v) is 3.70. The molecule has 6 heteroatoms. The number of amides is 1. The molecular formula is C18H25ClN2O3. The predicted octanol–water partition coefficient (Wildman–Crippen LogP) is 3.56. The van der Waals surface area contributed by atoms with Crippen molar-refractivity contribution in [2.75, 3.05) is 31.6 Å². The van der Waals surface area contributed by atoms with Gasteiger partial charge in [-0.15, -0.1) is 0 Å². The number of carbonyl (C=O) groups is 1. The lowest BCUT2D eigenvalue weighted by Gasteiger charge is -2.23. The van der Waals surface area contributed by atoms with Crippen LogP contribution in [0.1, 0.15) is 33.1 Å². The number of nitrogens with one attached hydrogen (secondary N) is 1. The van der Waals surface area contributed by atoms with Gasteiger partial charge >= 0.3 is 0 Å². The summed E-state index contributed by atoms with van der Waals surface area (Å²) in [7, 11) is 0. The number of hydrogen-bond donors (Lipinski definition) is 1. The second kappa shape index (κ2) is 7.62. The number of halogens is 1. The third-order valence-electron chi connectivity index (χ3n) is 5.03. The molecule has 2 aliphatic heterocycles. The summed E-state index contributed by atoms with van der Waals surface area (Å²) in [6.07, 6.45) is 3.16. The van der Waals surface area contributed by atoms with Gasteiger partial charge in [0.05, 0.1) is 30.5 Å². The molecule has 0 spiro atoms. The molecule has 0 aromatic heterocycles. The average molecular weight is 353 g/mol. The standard InChI is InChI=1S/C18H25ClN2O3/c1-3-13-5-6-21(12(13)2)11-18(22)20-15-10-17-16(9-14(15)19)23-7-4-8-24-17/h9-10,12-13H,3-8,11H2,1-2H3,(H,20,22)/t12-,13+/m1/s1. The van der Waals surface area contributed by atoms with Crippen molar-refractivity contribution in [3.05, 3.63) is 17.2 Å². The zero-order chi connectivity index (χ0) is 17.1. The van der Waals surface area contributed by atoms with E-state index in [2.05, 4.69) is 24.1 Å². The van der Waals surface area contributed by atoms with Gasteiger partial charge in [-0.3, -0.25) is 9.69 Å². The zero-order valence-corrected chi connectivity index (χ0v) is 15.1. The van der Waals surface area contributed by atoms with E-state index >= 15 is 0 Å². The van der Waals surface area contributed by atoms with Gasteiger partial charge in [-0.1, -0.05) is 24.9 Å². The lowest BCUT2D eigenvalue weighted by molar-refractivity contribution is -0.117. The van der Waals surface area contributed by atoms with Crippen molar-refractivity contribution < 1.29 is 14.3 Å². The molecule has 1 aromatic rings. The Bertz CT molecular complexity index is 608. The van der Waals surface area contributed by atoms with Crippen LogP contribution in [0, 0.1) is 5.92 Å². The van der Waals surface area contributed by atoms with Crippen LogP contribution in [0.5, 0.6) is 11.5 Å². The highest BCUT2D eigenvalue weighted by atomic mass is 35.5. The Kier molecular flexibility index (Phi) is 5.51. The molecule has 0 unspecified atom stereocenters. The minimum absolute atomic E-state index is 0.0463. The Morgan fingerprint density at radius 3 is 2.71 bits per heavy atom. The van der Waals surface area contributed by atoms with E-state index in [9.17, 15) is 4.79 Å². The maximum Gasteiger partial charge on any atom is 0.238 e. The van der Waals surface area contributed by atoms with Gasteiger partial charge in [0.25, 0.3) is 0 Å². The van der Waals surface area contributed by atoms with Gasteiger partial charge in [0.2, 0.25) is 5.91 Å². The molecule has 5 nitrogen and oxygen atoms in total. The molecule has 0 bridgehead atoms. The summed E-state index contributed by atoms with van der Waals surface area (Å²) in [5, 5.41) is 3.38. The van der Waals surface area contributed by atoms with Crippen LogP contribution in [-0.4, -0.2) is 43.2 Å². The summed E-state index contributed by atoms with van der Waals surface area (Å²) in [4.78, 5) is 14.7. The van der Waals surface area contributed by atoms with Crippen LogP contribution in [0.2, 0.25) is 5.02 Å². The predicted molar refractivity (Wildman–Crippen MR) is 95.1 cm³/mol. The molecule has 0 radical (unpaired) electrons. The molecule has 2 heterocycles. The van der Waals surface area contributed by atoms with Crippen LogP contribution < -0.4 is 14.8 Å². The number of ether oxygens (including phenoxy) is 2. The highest BCUT2D eigenvalue weighted by Gasteiger charge is 2.30. The van der Waals surface area contributed by atoms with Crippen LogP contribution in [0.25, 0.3) is 0 Å². The molecular weight excluding hydrogens is 328 g/mol. The molecule has 2 aliphatic rings. The second-order valence-corrected chi connectivity index (χ2v) is 6.95. The van der Waals surface area contributed by atoms with Crippen LogP contribution in [0.15, 0.2) is 12.1 Å². The third kappa shape index (κ3) is 3.78. The first kappa shape index (κ1) is 17.4. The summed E-state index contributed by atoms with van der Waals surface area (Å²) in [6.45, 7) is 6.99. The normalized spacial score (nSPS) is 23.8. The number of rotatable bonds is 4. The molecule has 1 N–H and O–H groups in total. The van der Waals surface area contributed by atoms with Crippen LogP contribution in [0.3, 0.4) is 0 Å². The van der Waals surface area contributed by atoms with Crippen molar-refractivity contribution in [3.8, 4) is 11.5 Å². The van der Waals surface area contributed by atoms with Gasteiger partial charge in [-0.05, 0) is 25.8 Å². The molecule has 0 saturated carbocycles. The monoisotopic (exact) mass is 352 g/mol. The second-order valence-electron chi connectivity index (χ2n) is 6.55. The molecule has 2 atom stereocenters. The molecule has 1 aromatic carbocycles. The Morgan fingerprint density at radius 1 is 1.33 bits per heavy atom. The number of likely N-dealkylation sites (tertiary alicyclic amines) is 1. The van der Waals surface area contributed by atoms with Gasteiger partial charge in [0, 0.05) is 24.6 Å². The van der Waals surface area contributed by atoms with E-state index in [1.807, 2.05) is 0 Å². The summed E-state index contributed by atoms with van der Waals surface area (Å²) in [5.41, 5.74) is 0.574. The van der Waals surface area contributed by atoms with Crippen molar-refractivity contribution in [2.24, 2.45) is 5.92 Å². The van der Waals surface area contributed by atoms with Crippen molar-refractivity contribution in [1.29, 1.82) is 0 Å². The Morgan fingerprint density at radius 2 is 2.04 bits per heavy atom. The summed E-state index contributed by atoms with van der Waals surface area (Å²) < 4.78 is 11.3. The molecule has 3 rings (SSSR count). The van der Waals surface area contributed by atoms with E-state index in [1.54, 1.807) is 12.1 Å². The first-order valence-electron chi connectivity index (χ1n) is 8.71. The highest BCUT2D eigenvalue weighted by Crippen LogP contribution is 2.37. The van der Waals surface area contributed by atoms with E-state index in [1.165, 1.54) is 0 Å². The SMILES string of the molecule is CC[C@H]1CCN(CC(=O)Nc2cc3c(cc2Cl)OCCCO3)[C@@H]1C. The minimum Gasteiger partial charge on any atom is -0.490 e. The molecule has 24 heavy (non-hydrogen) atoms. The number of nitrogens with zero attached hydrogens (tertiary/aromatic N) is 1. The molecule has 0 aliphatic carbocycles. The third-order valence-corrected chi connectivity index (χ3v) is 5.34. The minimum atomic E-state index is -0.0463. The number of hydrogen-bond acceptors (Lipinski definition) is 4. The van der Waals surface area contributed by atoms with Crippen molar-refractivity contribution in [2.45, 2.75) is 39.2 Å². The van der Waals surface area contributed by atoms with Crippen LogP contribution >= 0.6 is 11.6 Å². The first-order chi connectivity index (χ1) is 11.6. The number of anilines is 1. The smallest absolute Gasteiger partial charge is 0.238 e. The number of fused-ring (bicyclic) bond motifs is 1. The Labute approximate surface area is 148 Å². The largest absolute Gasteiger partial charge is 0.490 e. The van der Waals surface area contributed by atoms with E-state index < -0.39 is 0 Å². The first-order valence-corrected chi connectivity index (χ1v) is 9.09. The topological polar surface area (TPSA) is 50.8 Å². The van der Waals surface area contributed by atoms with Gasteiger partial charge in [0.1, 0.15) is 0 Å². The lowest BCUT2D eigenvalue weighted by Crippen LogP contribution is -2.37. The number of carbonyl (C=O) groups excluding carboxylic acids is 1. The summed E-state index contributed by atoms with van der Waals surface area (Å²) in [6, 6.07) is 3.91. The van der Waals surface area contributed by atoms with Gasteiger partial charge in [-0.25, -0.2) is 0 Å². The fraction of sp³-hybridized carbons (Fsp3) is 0.611. The van der Waals surface area contributed by atoms with E-state index in [4.69, 9.17) is 21.1 Å². The van der Waals surface area contributed by atoms with Gasteiger partial charge in [-0.2, -0.15) is 0 Å². The fourth-order valence-electron chi connectivity index (χ4n) is 3.50. The Balaban J connectivity index is 1.65. The van der Waals surface area contributed by atoms with Crippen LogP contribution in [-0.2, 0) is 4.79 Å². The maximum atomic E-state index is 12.4.